The molecule has 0 saturated heterocycles. The Morgan fingerprint density at radius 2 is 1.96 bits per heavy atom. The van der Waals surface area contributed by atoms with Crippen molar-refractivity contribution in [1.29, 1.82) is 0 Å². The minimum atomic E-state index is 0.160. The molecule has 3 aromatic rings. The number of pyridine rings is 1. The van der Waals surface area contributed by atoms with Crippen LogP contribution in [0.4, 0.5) is 0 Å². The molecule has 2 aromatic heterocycles. The molecule has 2 aliphatic rings. The first-order valence-corrected chi connectivity index (χ1v) is 9.02. The molecule has 5 rings (SSSR count). The highest BCUT2D eigenvalue weighted by molar-refractivity contribution is 5.86. The van der Waals surface area contributed by atoms with Crippen LogP contribution in [0.3, 0.4) is 0 Å². The van der Waals surface area contributed by atoms with Crippen molar-refractivity contribution in [3.63, 3.8) is 0 Å². The van der Waals surface area contributed by atoms with Crippen LogP contribution in [-0.4, -0.2) is 34.7 Å². The predicted molar refractivity (Wildman–Crippen MR) is 98.7 cm³/mol. The fraction of sp³-hybridized carbons (Fsp3) is 0.381. The number of benzene rings is 1. The van der Waals surface area contributed by atoms with Crippen LogP contribution in [0.5, 0.6) is 0 Å². The number of aryl methyl sites for hydroxylation is 1. The second-order valence-corrected chi connectivity index (χ2v) is 7.49. The lowest BCUT2D eigenvalue weighted by atomic mass is 10.0. The van der Waals surface area contributed by atoms with Gasteiger partial charge >= 0.3 is 0 Å². The smallest absolute Gasteiger partial charge is 0.110 e. The highest BCUT2D eigenvalue weighted by Crippen LogP contribution is 2.40. The Morgan fingerprint density at radius 1 is 1.12 bits per heavy atom. The molecule has 4 nitrogen and oxygen atoms in total. The number of likely N-dealkylation sites (N-methyl/N-ethyl adjacent to an activating group) is 1. The van der Waals surface area contributed by atoms with Crippen molar-refractivity contribution in [2.75, 3.05) is 20.2 Å². The Balaban J connectivity index is 1.70. The van der Waals surface area contributed by atoms with E-state index in [0.717, 1.165) is 26.2 Å². The van der Waals surface area contributed by atoms with Crippen molar-refractivity contribution in [3.05, 3.63) is 65.1 Å². The molecule has 0 bridgehead atoms. The quantitative estimate of drug-likeness (QED) is 0.681. The van der Waals surface area contributed by atoms with Gasteiger partial charge in [-0.05, 0) is 49.4 Å². The fourth-order valence-corrected chi connectivity index (χ4v) is 4.47. The number of hydrogen-bond donors (Lipinski definition) is 0. The van der Waals surface area contributed by atoms with E-state index in [9.17, 15) is 0 Å². The van der Waals surface area contributed by atoms with E-state index in [2.05, 4.69) is 58.8 Å². The molecule has 4 heterocycles. The molecule has 4 heteroatoms. The van der Waals surface area contributed by atoms with Gasteiger partial charge in [0.05, 0.1) is 12.3 Å². The molecule has 2 unspecified atom stereocenters. The molecule has 0 N–H and O–H groups in total. The monoisotopic (exact) mass is 333 g/mol. The molecule has 128 valence electrons. The van der Waals surface area contributed by atoms with Crippen LogP contribution in [0.2, 0.25) is 0 Å². The van der Waals surface area contributed by atoms with Gasteiger partial charge < -0.3 is 9.30 Å². The van der Waals surface area contributed by atoms with Gasteiger partial charge in [-0.2, -0.15) is 0 Å². The second-order valence-electron chi connectivity index (χ2n) is 7.49. The maximum atomic E-state index is 6.43. The minimum Gasteiger partial charge on any atom is -0.370 e. The molecule has 0 aliphatic carbocycles. The fourth-order valence-electron chi connectivity index (χ4n) is 4.47. The van der Waals surface area contributed by atoms with Gasteiger partial charge in [-0.1, -0.05) is 11.6 Å². The van der Waals surface area contributed by atoms with Gasteiger partial charge in [0.1, 0.15) is 6.10 Å². The summed E-state index contributed by atoms with van der Waals surface area (Å²) in [5.41, 5.74) is 6.83. The van der Waals surface area contributed by atoms with E-state index in [1.807, 2.05) is 12.4 Å². The zero-order valence-corrected chi connectivity index (χ0v) is 14.8. The minimum absolute atomic E-state index is 0.160. The van der Waals surface area contributed by atoms with Crippen molar-refractivity contribution in [2.24, 2.45) is 0 Å². The van der Waals surface area contributed by atoms with E-state index in [0.29, 0.717) is 5.92 Å². The van der Waals surface area contributed by atoms with E-state index in [-0.39, 0.29) is 6.10 Å². The summed E-state index contributed by atoms with van der Waals surface area (Å²) < 4.78 is 8.95. The molecule has 0 amide bonds. The normalized spacial score (nSPS) is 23.4. The summed E-state index contributed by atoms with van der Waals surface area (Å²) in [7, 11) is 2.19. The first kappa shape index (κ1) is 15.1. The van der Waals surface area contributed by atoms with Gasteiger partial charge in [-0.25, -0.2) is 0 Å². The Labute approximate surface area is 148 Å². The van der Waals surface area contributed by atoms with Crippen molar-refractivity contribution in [3.8, 4) is 0 Å². The van der Waals surface area contributed by atoms with Gasteiger partial charge in [-0.3, -0.25) is 9.88 Å². The summed E-state index contributed by atoms with van der Waals surface area (Å²) in [4.78, 5) is 6.55. The third-order valence-electron chi connectivity index (χ3n) is 5.66. The molecule has 0 radical (unpaired) electrons. The molecule has 0 fully saturated rings. The van der Waals surface area contributed by atoms with E-state index < -0.39 is 0 Å². The van der Waals surface area contributed by atoms with Crippen molar-refractivity contribution >= 4 is 10.9 Å². The van der Waals surface area contributed by atoms with Crippen LogP contribution in [0.1, 0.15) is 34.4 Å². The zero-order valence-electron chi connectivity index (χ0n) is 14.8. The number of rotatable bonds is 1. The Kier molecular flexibility index (Phi) is 3.43. The maximum absolute atomic E-state index is 6.43. The standard InChI is InChI=1S/C21H23N3O/c1-14-3-4-19-17(9-14)18-11-23(2)12-20-21(18)24(19)10-16(13-25-20)15-5-7-22-8-6-15/h3-9,16,20H,10-13H2,1-2H3. The summed E-state index contributed by atoms with van der Waals surface area (Å²) in [6.45, 7) is 5.87. The summed E-state index contributed by atoms with van der Waals surface area (Å²) in [5.74, 6) is 0.361. The first-order valence-electron chi connectivity index (χ1n) is 9.02. The van der Waals surface area contributed by atoms with Crippen LogP contribution in [0, 0.1) is 6.92 Å². The molecule has 0 spiro atoms. The lowest BCUT2D eigenvalue weighted by molar-refractivity contribution is 0.0170. The van der Waals surface area contributed by atoms with Crippen molar-refractivity contribution in [1.82, 2.24) is 14.5 Å². The number of hydrogen-bond acceptors (Lipinski definition) is 3. The third-order valence-corrected chi connectivity index (χ3v) is 5.66. The number of ether oxygens (including phenoxy) is 1. The maximum Gasteiger partial charge on any atom is 0.110 e. The highest BCUT2D eigenvalue weighted by atomic mass is 16.5. The Morgan fingerprint density at radius 3 is 2.80 bits per heavy atom. The second kappa shape index (κ2) is 5.68. The highest BCUT2D eigenvalue weighted by Gasteiger charge is 2.34. The lowest BCUT2D eigenvalue weighted by Crippen LogP contribution is -2.32. The van der Waals surface area contributed by atoms with Crippen molar-refractivity contribution < 1.29 is 4.74 Å². The number of aromatic nitrogens is 2. The third kappa shape index (κ3) is 2.40. The molecule has 0 saturated carbocycles. The largest absolute Gasteiger partial charge is 0.370 e. The predicted octanol–water partition coefficient (Wildman–Crippen LogP) is 3.65. The zero-order chi connectivity index (χ0) is 17.0. The summed E-state index contributed by atoms with van der Waals surface area (Å²) >= 11 is 0. The van der Waals surface area contributed by atoms with E-state index in [4.69, 9.17) is 4.74 Å². The average Bonchev–Trinajstić information content (AvgIpc) is 2.79. The van der Waals surface area contributed by atoms with Gasteiger partial charge in [0.25, 0.3) is 0 Å². The van der Waals surface area contributed by atoms with E-state index >= 15 is 0 Å². The van der Waals surface area contributed by atoms with E-state index in [1.54, 1.807) is 0 Å². The SMILES string of the molecule is Cc1ccc2c(c1)c1c3n2CC(c2ccncc2)COC3CN(C)C1. The summed E-state index contributed by atoms with van der Waals surface area (Å²) in [5, 5.41) is 1.39. The molecule has 2 aliphatic heterocycles. The van der Waals surface area contributed by atoms with Gasteiger partial charge in [0, 0.05) is 48.8 Å². The lowest BCUT2D eigenvalue weighted by Gasteiger charge is -2.30. The van der Waals surface area contributed by atoms with E-state index in [1.165, 1.54) is 33.3 Å². The van der Waals surface area contributed by atoms with Crippen LogP contribution in [0.25, 0.3) is 10.9 Å². The van der Waals surface area contributed by atoms with Crippen LogP contribution < -0.4 is 0 Å². The number of nitrogens with zero attached hydrogens (tertiary/aromatic N) is 3. The topological polar surface area (TPSA) is 30.3 Å². The molecular weight excluding hydrogens is 310 g/mol. The Bertz CT molecular complexity index is 931. The van der Waals surface area contributed by atoms with Gasteiger partial charge in [-0.15, -0.1) is 0 Å². The average molecular weight is 333 g/mol. The molecule has 2 atom stereocenters. The number of fused-ring (bicyclic) bond motifs is 3. The van der Waals surface area contributed by atoms with Crippen molar-refractivity contribution in [2.45, 2.75) is 32.0 Å². The van der Waals surface area contributed by atoms with Crippen LogP contribution >= 0.6 is 0 Å². The molecular formula is C21H23N3O. The Hall–Kier alpha value is -2.17. The van der Waals surface area contributed by atoms with Crippen LogP contribution in [-0.2, 0) is 17.8 Å². The summed E-state index contributed by atoms with van der Waals surface area (Å²) in [6, 6.07) is 11.1. The molecule has 25 heavy (non-hydrogen) atoms. The van der Waals surface area contributed by atoms with Gasteiger partial charge in [0.15, 0.2) is 0 Å². The molecule has 1 aromatic carbocycles. The summed E-state index contributed by atoms with van der Waals surface area (Å²) in [6.07, 6.45) is 3.92. The van der Waals surface area contributed by atoms with Gasteiger partial charge in [0.2, 0.25) is 0 Å². The first-order chi connectivity index (χ1) is 12.2. The van der Waals surface area contributed by atoms with Crippen LogP contribution in [0.15, 0.2) is 42.7 Å².